The number of hydrogen-bond acceptors (Lipinski definition) is 4. The van der Waals surface area contributed by atoms with Crippen LogP contribution in [0.25, 0.3) is 0 Å². The van der Waals surface area contributed by atoms with E-state index in [-0.39, 0.29) is 11.3 Å². The molecule has 5 nitrogen and oxygen atoms in total. The zero-order valence-electron chi connectivity index (χ0n) is 18.0. The highest BCUT2D eigenvalue weighted by Crippen LogP contribution is 2.45. The fourth-order valence-electron chi connectivity index (χ4n) is 3.89. The minimum atomic E-state index is -1.57. The molecule has 2 N–H and O–H groups in total. The van der Waals surface area contributed by atoms with Gasteiger partial charge in [-0.3, -0.25) is 4.79 Å². The van der Waals surface area contributed by atoms with Crippen molar-refractivity contribution in [3.63, 3.8) is 0 Å². The van der Waals surface area contributed by atoms with Crippen LogP contribution in [0.4, 0.5) is 13.2 Å². The molecule has 8 heteroatoms. The van der Waals surface area contributed by atoms with E-state index in [1.165, 1.54) is 60.7 Å². The van der Waals surface area contributed by atoms with Crippen LogP contribution in [-0.4, -0.2) is 16.2 Å². The first kappa shape index (κ1) is 23.5. The Bertz CT molecular complexity index is 1190. The van der Waals surface area contributed by atoms with Crippen LogP contribution >= 0.6 is 0 Å². The Hall–Kier alpha value is -3.62. The third-order valence-electron chi connectivity index (χ3n) is 5.67. The number of hydrogen-bond donors (Lipinski definition) is 2. The van der Waals surface area contributed by atoms with Gasteiger partial charge in [0.25, 0.3) is 0 Å². The van der Waals surface area contributed by atoms with E-state index >= 15 is 0 Å². The average Bonchev–Trinajstić information content (AvgIpc) is 2.81. The van der Waals surface area contributed by atoms with E-state index in [0.29, 0.717) is 16.7 Å². The summed E-state index contributed by atoms with van der Waals surface area (Å²) in [6.45, 7) is 1.59. The van der Waals surface area contributed by atoms with Crippen molar-refractivity contribution in [1.29, 1.82) is 0 Å². The van der Waals surface area contributed by atoms with Crippen molar-refractivity contribution in [1.82, 2.24) is 0 Å². The van der Waals surface area contributed by atoms with Gasteiger partial charge in [-0.25, -0.2) is 13.2 Å². The van der Waals surface area contributed by atoms with Crippen LogP contribution in [0.1, 0.15) is 42.1 Å². The lowest BCUT2D eigenvalue weighted by molar-refractivity contribution is -0.182. The van der Waals surface area contributed by atoms with Gasteiger partial charge in [0.15, 0.2) is 0 Å². The van der Waals surface area contributed by atoms with Gasteiger partial charge >= 0.3 is 5.97 Å². The lowest BCUT2D eigenvalue weighted by atomic mass is 9.88. The number of benzene rings is 3. The maximum Gasteiger partial charge on any atom is 0.317 e. The Morgan fingerprint density at radius 3 is 1.79 bits per heavy atom. The molecule has 0 radical (unpaired) electrons. The van der Waals surface area contributed by atoms with Gasteiger partial charge in [-0.1, -0.05) is 24.3 Å². The molecule has 0 amide bonds. The minimum absolute atomic E-state index is 0.0563. The minimum Gasteiger partial charge on any atom is -0.481 e. The quantitative estimate of drug-likeness (QED) is 0.491. The number of carbonyl (C=O) groups is 1. The predicted octanol–water partition coefficient (Wildman–Crippen LogP) is 5.60. The molecule has 0 bridgehead atoms. The van der Waals surface area contributed by atoms with Gasteiger partial charge in [0.1, 0.15) is 35.2 Å². The fraction of sp³-hybridized carbons (Fsp3) is 0.192. The highest BCUT2D eigenvalue weighted by atomic mass is 19.1. The third-order valence-corrected chi connectivity index (χ3v) is 5.67. The van der Waals surface area contributed by atoms with E-state index in [1.807, 2.05) is 0 Å². The number of carboxylic acid groups (broad SMARTS) is 1. The largest absolute Gasteiger partial charge is 0.481 e. The van der Waals surface area contributed by atoms with Crippen LogP contribution in [0.3, 0.4) is 0 Å². The number of carboxylic acids is 1. The summed E-state index contributed by atoms with van der Waals surface area (Å²) in [6.07, 6.45) is -3.53. The summed E-state index contributed by atoms with van der Waals surface area (Å²) >= 11 is 0. The average molecular weight is 470 g/mol. The normalized spacial score (nSPS) is 19.9. The smallest absolute Gasteiger partial charge is 0.317 e. The van der Waals surface area contributed by atoms with E-state index in [1.54, 1.807) is 6.92 Å². The first-order chi connectivity index (χ1) is 16.2. The molecule has 3 aromatic carbocycles. The van der Waals surface area contributed by atoms with E-state index in [4.69, 9.17) is 9.47 Å². The van der Waals surface area contributed by atoms with Gasteiger partial charge < -0.3 is 19.7 Å². The van der Waals surface area contributed by atoms with Crippen molar-refractivity contribution < 1.29 is 37.7 Å². The maximum atomic E-state index is 13.5. The molecule has 176 valence electrons. The van der Waals surface area contributed by atoms with Crippen molar-refractivity contribution in [3.8, 4) is 0 Å². The first-order valence-corrected chi connectivity index (χ1v) is 10.4. The van der Waals surface area contributed by atoms with Gasteiger partial charge in [-0.15, -0.1) is 0 Å². The van der Waals surface area contributed by atoms with Gasteiger partial charge in [-0.2, -0.15) is 0 Å². The molecule has 1 aliphatic heterocycles. The second kappa shape index (κ2) is 9.70. The highest BCUT2D eigenvalue weighted by Gasteiger charge is 2.41. The standard InChI is InChI=1S/C26H21F3O5/c1-14-23(16-4-10-19(28)11-5-16)33-26(17-6-12-20(29)13-7-17)34-24(14)21(25(31)32)22(30)15-2-8-18(27)9-3-15/h2-13,21-23,26,30H,1H3,(H,31,32)/t21-,22+,23-,26+/m0/s1. The van der Waals surface area contributed by atoms with Crippen molar-refractivity contribution >= 4 is 5.97 Å². The fourth-order valence-corrected chi connectivity index (χ4v) is 3.89. The lowest BCUT2D eigenvalue weighted by Crippen LogP contribution is -2.31. The zero-order valence-corrected chi connectivity index (χ0v) is 18.0. The number of rotatable bonds is 6. The van der Waals surface area contributed by atoms with Crippen molar-refractivity contribution in [2.45, 2.75) is 25.4 Å². The topological polar surface area (TPSA) is 76.0 Å². The van der Waals surface area contributed by atoms with Crippen LogP contribution in [-0.2, 0) is 14.3 Å². The van der Waals surface area contributed by atoms with E-state index in [0.717, 1.165) is 12.1 Å². The molecule has 1 heterocycles. The second-order valence-electron chi connectivity index (χ2n) is 7.93. The van der Waals surface area contributed by atoms with Crippen LogP contribution < -0.4 is 0 Å². The molecule has 0 aliphatic carbocycles. The molecule has 4 atom stereocenters. The van der Waals surface area contributed by atoms with Crippen LogP contribution in [0.2, 0.25) is 0 Å². The SMILES string of the molecule is CC1=C([C@@H](C(=O)O)[C@H](O)c2ccc(F)cc2)O[C@H](c2ccc(F)cc2)O[C@@H]1c1ccc(F)cc1. The number of aliphatic carboxylic acids is 1. The molecule has 0 fully saturated rings. The first-order valence-electron chi connectivity index (χ1n) is 10.4. The van der Waals surface area contributed by atoms with Gasteiger partial charge in [0, 0.05) is 5.56 Å². The summed E-state index contributed by atoms with van der Waals surface area (Å²) in [6, 6.07) is 15.6. The van der Waals surface area contributed by atoms with E-state index in [2.05, 4.69) is 0 Å². The highest BCUT2D eigenvalue weighted by molar-refractivity contribution is 5.74. The summed E-state index contributed by atoms with van der Waals surface area (Å²) in [5.41, 5.74) is 1.49. The molecule has 0 saturated carbocycles. The number of aliphatic hydroxyl groups excluding tert-OH is 1. The molecular weight excluding hydrogens is 449 g/mol. The summed E-state index contributed by atoms with van der Waals surface area (Å²) in [5, 5.41) is 21.0. The van der Waals surface area contributed by atoms with Gasteiger partial charge in [0.05, 0.1) is 6.10 Å². The molecule has 0 aromatic heterocycles. The number of halogens is 3. The number of aliphatic hydroxyl groups is 1. The van der Waals surface area contributed by atoms with Crippen LogP contribution in [0.15, 0.2) is 84.1 Å². The molecule has 4 rings (SSSR count). The van der Waals surface area contributed by atoms with Crippen molar-refractivity contribution in [2.75, 3.05) is 0 Å². The van der Waals surface area contributed by atoms with E-state index < -0.39 is 47.8 Å². The second-order valence-corrected chi connectivity index (χ2v) is 7.93. The Kier molecular flexibility index (Phi) is 6.72. The van der Waals surface area contributed by atoms with Crippen LogP contribution in [0, 0.1) is 23.4 Å². The lowest BCUT2D eigenvalue weighted by Gasteiger charge is -2.37. The Morgan fingerprint density at radius 2 is 1.29 bits per heavy atom. The molecular formula is C26H21F3O5. The molecule has 3 aromatic rings. The van der Waals surface area contributed by atoms with Crippen molar-refractivity contribution in [3.05, 3.63) is 118 Å². The predicted molar refractivity (Wildman–Crippen MR) is 116 cm³/mol. The zero-order chi connectivity index (χ0) is 24.4. The third kappa shape index (κ3) is 4.83. The molecule has 34 heavy (non-hydrogen) atoms. The molecule has 0 spiro atoms. The molecule has 0 saturated heterocycles. The Morgan fingerprint density at radius 1 is 0.824 bits per heavy atom. The summed E-state index contributed by atoms with van der Waals surface area (Å²) in [7, 11) is 0. The van der Waals surface area contributed by atoms with Crippen LogP contribution in [0.5, 0.6) is 0 Å². The maximum absolute atomic E-state index is 13.5. The summed E-state index contributed by atoms with van der Waals surface area (Å²) < 4.78 is 52.3. The Labute approximate surface area is 193 Å². The van der Waals surface area contributed by atoms with Gasteiger partial charge in [0.2, 0.25) is 6.29 Å². The van der Waals surface area contributed by atoms with E-state index in [9.17, 15) is 28.2 Å². The molecule has 1 aliphatic rings. The van der Waals surface area contributed by atoms with Crippen molar-refractivity contribution in [2.24, 2.45) is 5.92 Å². The van der Waals surface area contributed by atoms with Gasteiger partial charge in [-0.05, 0) is 72.2 Å². The summed E-state index contributed by atoms with van der Waals surface area (Å²) in [4.78, 5) is 12.3. The number of ether oxygens (including phenoxy) is 2. The monoisotopic (exact) mass is 470 g/mol. The summed E-state index contributed by atoms with van der Waals surface area (Å²) in [5.74, 6) is -4.45. The Balaban J connectivity index is 1.80. The molecule has 0 unspecified atom stereocenters.